The topological polar surface area (TPSA) is 25.8 Å². The van der Waals surface area contributed by atoms with Crippen LogP contribution in [0.1, 0.15) is 36.8 Å². The Bertz CT molecular complexity index is 2520. The second-order valence-electron chi connectivity index (χ2n) is 15.6. The molecule has 5 aromatic carbocycles. The van der Waals surface area contributed by atoms with Crippen LogP contribution in [0.25, 0.3) is 64.9 Å². The number of benzene rings is 5. The van der Waals surface area contributed by atoms with Gasteiger partial charge < -0.3 is 9.97 Å². The van der Waals surface area contributed by atoms with Crippen LogP contribution in [0.2, 0.25) is 19.6 Å². The number of hydrogen-bond acceptors (Lipinski definition) is 3. The van der Waals surface area contributed by atoms with Crippen molar-refractivity contribution >= 4 is 44.8 Å². The third kappa shape index (κ3) is 8.66. The van der Waals surface area contributed by atoms with Gasteiger partial charge in [-0.15, -0.1) is 59.7 Å². The number of fused-ring (bicyclic) bond motifs is 3. The minimum absolute atomic E-state index is 0. The van der Waals surface area contributed by atoms with Gasteiger partial charge in [0.15, 0.2) is 0 Å². The van der Waals surface area contributed by atoms with Gasteiger partial charge in [0, 0.05) is 42.8 Å². The molecule has 0 atom stereocenters. The molecule has 5 heteroatoms. The summed E-state index contributed by atoms with van der Waals surface area (Å²) in [6.07, 6.45) is 11.0. The first-order valence-corrected chi connectivity index (χ1v) is 23.5. The second kappa shape index (κ2) is 17.1. The van der Waals surface area contributed by atoms with E-state index in [1.54, 1.807) is 10.8 Å². The fraction of sp³-hybridized carbons (Fsp3) is 0.200. The van der Waals surface area contributed by atoms with E-state index in [4.69, 9.17) is 9.97 Å². The molecule has 55 heavy (non-hydrogen) atoms. The van der Waals surface area contributed by atoms with Crippen LogP contribution in [0.15, 0.2) is 140 Å². The van der Waals surface area contributed by atoms with E-state index in [9.17, 15) is 0 Å². The zero-order valence-corrected chi connectivity index (χ0v) is 36.2. The quantitative estimate of drug-likeness (QED) is 0.118. The average molecular weight is 927 g/mol. The molecule has 277 valence electrons. The maximum absolute atomic E-state index is 4.85. The molecule has 1 fully saturated rings. The normalized spacial score (nSPS) is 13.0. The van der Waals surface area contributed by atoms with E-state index < -0.39 is 8.07 Å². The number of nitrogens with zero attached hydrogens (tertiary/aromatic N) is 2. The van der Waals surface area contributed by atoms with Gasteiger partial charge in [-0.25, -0.2) is 0 Å². The number of thiophene rings is 1. The molecule has 1 saturated carbocycles. The van der Waals surface area contributed by atoms with Crippen LogP contribution in [0.4, 0.5) is 0 Å². The number of rotatable bonds is 7. The minimum atomic E-state index is -1.35. The molecule has 0 N–H and O–H groups in total. The largest absolute Gasteiger partial charge is 0.305 e. The number of aryl methyl sites for hydroxylation is 1. The number of aromatic nitrogens is 2. The smallest absolute Gasteiger partial charge is 0.0798 e. The van der Waals surface area contributed by atoms with Gasteiger partial charge in [-0.05, 0) is 80.3 Å². The van der Waals surface area contributed by atoms with E-state index in [1.807, 2.05) is 41.8 Å². The first-order valence-electron chi connectivity index (χ1n) is 19.2. The Morgan fingerprint density at radius 3 is 2.07 bits per heavy atom. The fourth-order valence-corrected chi connectivity index (χ4v) is 10.7. The summed E-state index contributed by atoms with van der Waals surface area (Å²) in [5.41, 5.74) is 11.9. The zero-order chi connectivity index (χ0) is 37.1. The molecule has 0 aliphatic heterocycles. The van der Waals surface area contributed by atoms with Crippen LogP contribution in [0.3, 0.4) is 0 Å². The molecule has 0 spiro atoms. The van der Waals surface area contributed by atoms with Gasteiger partial charge in [0.2, 0.25) is 0 Å². The Morgan fingerprint density at radius 2 is 1.38 bits per heavy atom. The van der Waals surface area contributed by atoms with Crippen molar-refractivity contribution in [3.63, 3.8) is 0 Å². The van der Waals surface area contributed by atoms with Crippen LogP contribution in [0, 0.1) is 25.0 Å². The number of hydrogen-bond donors (Lipinski definition) is 0. The molecule has 0 bridgehead atoms. The van der Waals surface area contributed by atoms with Crippen molar-refractivity contribution in [2.75, 3.05) is 0 Å². The molecule has 1 aliphatic rings. The van der Waals surface area contributed by atoms with E-state index >= 15 is 0 Å². The Labute approximate surface area is 345 Å². The summed E-state index contributed by atoms with van der Waals surface area (Å²) >= 11 is 1.82. The summed E-state index contributed by atoms with van der Waals surface area (Å²) in [5.74, 6) is 0.880. The van der Waals surface area contributed by atoms with Crippen LogP contribution < -0.4 is 5.19 Å². The van der Waals surface area contributed by atoms with Gasteiger partial charge in [-0.2, -0.15) is 11.3 Å². The summed E-state index contributed by atoms with van der Waals surface area (Å²) in [6, 6.07) is 51.4. The van der Waals surface area contributed by atoms with Gasteiger partial charge >= 0.3 is 0 Å². The summed E-state index contributed by atoms with van der Waals surface area (Å²) < 4.78 is 2.53. The van der Waals surface area contributed by atoms with Gasteiger partial charge in [0.25, 0.3) is 0 Å². The van der Waals surface area contributed by atoms with E-state index in [1.165, 1.54) is 80.1 Å². The van der Waals surface area contributed by atoms with Crippen LogP contribution in [-0.4, -0.2) is 18.0 Å². The summed E-state index contributed by atoms with van der Waals surface area (Å²) in [6.45, 7) is 9.44. The molecule has 1 aliphatic carbocycles. The molecule has 3 aromatic heterocycles. The molecular formula is C50H46IrN2SSi-2. The van der Waals surface area contributed by atoms with Crippen LogP contribution >= 0.6 is 11.3 Å². The first-order chi connectivity index (χ1) is 26.3. The molecule has 0 amide bonds. The van der Waals surface area contributed by atoms with Crippen molar-refractivity contribution in [3.05, 3.63) is 163 Å². The summed E-state index contributed by atoms with van der Waals surface area (Å²) in [4.78, 5) is 9.60. The summed E-state index contributed by atoms with van der Waals surface area (Å²) in [5, 5.41) is 4.10. The summed E-state index contributed by atoms with van der Waals surface area (Å²) in [7, 11) is -1.35. The average Bonchev–Trinajstić information content (AvgIpc) is 3.86. The zero-order valence-electron chi connectivity index (χ0n) is 32.0. The fourth-order valence-electron chi connectivity index (χ4n) is 7.92. The Morgan fingerprint density at radius 1 is 0.673 bits per heavy atom. The van der Waals surface area contributed by atoms with Gasteiger partial charge in [0.05, 0.1) is 8.07 Å². The molecule has 9 rings (SSSR count). The predicted octanol–water partition coefficient (Wildman–Crippen LogP) is 13.4. The van der Waals surface area contributed by atoms with E-state index in [2.05, 4.69) is 148 Å². The monoisotopic (exact) mass is 927 g/mol. The third-order valence-corrected chi connectivity index (χ3v) is 14.0. The molecule has 0 unspecified atom stereocenters. The van der Waals surface area contributed by atoms with E-state index in [0.29, 0.717) is 0 Å². The van der Waals surface area contributed by atoms with Crippen LogP contribution in [-0.2, 0) is 26.5 Å². The van der Waals surface area contributed by atoms with Gasteiger partial charge in [-0.3, -0.25) is 0 Å². The van der Waals surface area contributed by atoms with Crippen molar-refractivity contribution in [2.24, 2.45) is 5.92 Å². The Kier molecular flexibility index (Phi) is 12.0. The van der Waals surface area contributed by atoms with Gasteiger partial charge in [-0.1, -0.05) is 135 Å². The predicted molar refractivity (Wildman–Crippen MR) is 234 cm³/mol. The van der Waals surface area contributed by atoms with Crippen molar-refractivity contribution in [1.29, 1.82) is 0 Å². The molecule has 2 nitrogen and oxygen atoms in total. The second-order valence-corrected chi connectivity index (χ2v) is 21.7. The SMILES string of the molecule is C[Si](C)(C)c1cnc(-c2[c-]cccc2)cc1CC1CCCC1.Cc1cc(-c2[c-]ccc3c2sc2ccc(-c4ccccc4)cc23)ncc1-c1ccccc1.[Ir]. The Balaban J connectivity index is 0.000000178. The van der Waals surface area contributed by atoms with E-state index in [-0.39, 0.29) is 20.1 Å². The molecular weight excluding hydrogens is 881 g/mol. The maximum Gasteiger partial charge on any atom is 0.0798 e. The third-order valence-electron chi connectivity index (χ3n) is 10.8. The minimum Gasteiger partial charge on any atom is -0.305 e. The van der Waals surface area contributed by atoms with Gasteiger partial charge in [0.1, 0.15) is 0 Å². The van der Waals surface area contributed by atoms with E-state index in [0.717, 1.165) is 28.4 Å². The van der Waals surface area contributed by atoms with Crippen LogP contribution in [0.5, 0.6) is 0 Å². The molecule has 0 saturated heterocycles. The maximum atomic E-state index is 4.85. The van der Waals surface area contributed by atoms with Crippen molar-refractivity contribution in [2.45, 2.75) is 58.7 Å². The number of pyridine rings is 2. The standard InChI is InChI=1S/C30H20NS.C20H26NSi.Ir/c1-20-17-28(31-19-27(20)22-11-6-3-7-12-22)25-14-8-13-24-26-18-23(21-9-4-2-5-10-21)15-16-29(26)32-30(24)25;1-22(2,3)20-15-21-19(17-11-5-4-6-12-17)14-18(20)13-16-9-7-8-10-16;/h2-13,15-19H,1H3;4-6,11,14-16H,7-10,13H2,1-3H3;/q2*-1;. The first kappa shape index (κ1) is 38.7. The Hall–Kier alpha value is -4.51. The molecule has 1 radical (unpaired) electrons. The molecule has 3 heterocycles. The van der Waals surface area contributed by atoms with Crippen molar-refractivity contribution in [1.82, 2.24) is 9.97 Å². The molecule has 8 aromatic rings. The van der Waals surface area contributed by atoms with Crippen molar-refractivity contribution < 1.29 is 20.1 Å². The van der Waals surface area contributed by atoms with Crippen molar-refractivity contribution in [3.8, 4) is 44.8 Å².